The summed E-state index contributed by atoms with van der Waals surface area (Å²) in [6, 6.07) is 0. The minimum Gasteiger partial charge on any atom is -0.481 e. The second-order valence-corrected chi connectivity index (χ2v) is 6.64. The molecule has 0 saturated heterocycles. The molecule has 0 spiro atoms. The van der Waals surface area contributed by atoms with Crippen LogP contribution in [-0.4, -0.2) is 11.1 Å². The number of rotatable bonds is 14. The fourth-order valence-corrected chi connectivity index (χ4v) is 3.59. The maximum absolute atomic E-state index is 10.5. The molecule has 1 atom stereocenters. The van der Waals surface area contributed by atoms with Gasteiger partial charge in [-0.15, -0.1) is 0 Å². The lowest BCUT2D eigenvalue weighted by Gasteiger charge is -2.36. The lowest BCUT2D eigenvalue weighted by atomic mass is 9.69. The van der Waals surface area contributed by atoms with E-state index in [1.165, 1.54) is 32.1 Å². The summed E-state index contributed by atoms with van der Waals surface area (Å²) in [7, 11) is 0. The van der Waals surface area contributed by atoms with E-state index in [-0.39, 0.29) is 0 Å². The van der Waals surface area contributed by atoms with Crippen LogP contribution in [0.5, 0.6) is 0 Å². The molecule has 0 bridgehead atoms. The van der Waals surface area contributed by atoms with Crippen LogP contribution in [0.4, 0.5) is 0 Å². The van der Waals surface area contributed by atoms with Gasteiger partial charge in [-0.05, 0) is 62.7 Å². The van der Waals surface area contributed by atoms with Crippen molar-refractivity contribution >= 4 is 5.97 Å². The average molecular weight is 295 g/mol. The van der Waals surface area contributed by atoms with Crippen molar-refractivity contribution in [1.82, 2.24) is 0 Å². The lowest BCUT2D eigenvalue weighted by molar-refractivity contribution is -0.137. The van der Waals surface area contributed by atoms with E-state index < -0.39 is 5.97 Å². The minimum atomic E-state index is -0.669. The van der Waals surface area contributed by atoms with E-state index in [0.717, 1.165) is 25.2 Å². The summed E-state index contributed by atoms with van der Waals surface area (Å²) in [5.74, 6) is 0.0483. The monoisotopic (exact) mass is 295 g/mol. The van der Waals surface area contributed by atoms with E-state index in [1.807, 2.05) is 0 Å². The molecule has 0 aliphatic rings. The summed E-state index contributed by atoms with van der Waals surface area (Å²) in [6.45, 7) is 8.84. The van der Waals surface area contributed by atoms with E-state index in [1.54, 1.807) is 0 Å². The highest BCUT2D eigenvalue weighted by Crippen LogP contribution is 2.41. The zero-order chi connectivity index (χ0) is 16.1. The normalized spacial score (nSPS) is 13.3. The summed E-state index contributed by atoms with van der Waals surface area (Å²) >= 11 is 0. The molecule has 0 amide bonds. The maximum atomic E-state index is 10.5. The van der Waals surface area contributed by atoms with Gasteiger partial charge in [0.2, 0.25) is 0 Å². The van der Waals surface area contributed by atoms with Gasteiger partial charge in [0.05, 0.1) is 0 Å². The van der Waals surface area contributed by atoms with Crippen LogP contribution in [0.2, 0.25) is 0 Å². The predicted octanol–water partition coefficient (Wildman–Crippen LogP) is 5.88. The molecule has 2 nitrogen and oxygen atoms in total. The summed E-state index contributed by atoms with van der Waals surface area (Å²) in [5, 5.41) is 8.64. The van der Waals surface area contributed by atoms with Gasteiger partial charge < -0.3 is 5.11 Å². The molecular formula is C19H35O2. The van der Waals surface area contributed by atoms with Gasteiger partial charge >= 0.3 is 5.97 Å². The number of hydrogen-bond donors (Lipinski definition) is 1. The smallest absolute Gasteiger partial charge is 0.303 e. The Hall–Kier alpha value is -0.530. The summed E-state index contributed by atoms with van der Waals surface area (Å²) < 4.78 is 0. The Morgan fingerprint density at radius 3 is 1.95 bits per heavy atom. The van der Waals surface area contributed by atoms with E-state index in [4.69, 9.17) is 5.11 Å². The summed E-state index contributed by atoms with van der Waals surface area (Å²) in [6.07, 6.45) is 16.3. The van der Waals surface area contributed by atoms with E-state index in [0.29, 0.717) is 11.8 Å². The van der Waals surface area contributed by atoms with Gasteiger partial charge in [-0.3, -0.25) is 4.79 Å². The number of carboxylic acids is 1. The molecule has 2 heteroatoms. The standard InChI is InChI=1S/C19H35O2/c1-5-13-19(14-6-2,15-7-3)16-17(4)11-9-8-10-12-18(20)21/h5-7,17H,8-16H2,1-4H3,(H,20,21). The molecule has 0 aromatic heterocycles. The van der Waals surface area contributed by atoms with Crippen molar-refractivity contribution in [3.05, 3.63) is 19.3 Å². The van der Waals surface area contributed by atoms with Crippen LogP contribution in [0.15, 0.2) is 0 Å². The van der Waals surface area contributed by atoms with Crippen molar-refractivity contribution < 1.29 is 9.90 Å². The second kappa shape index (κ2) is 12.1. The third kappa shape index (κ3) is 9.92. The predicted molar refractivity (Wildman–Crippen MR) is 90.7 cm³/mol. The van der Waals surface area contributed by atoms with E-state index in [2.05, 4.69) is 47.0 Å². The van der Waals surface area contributed by atoms with Crippen molar-refractivity contribution in [3.63, 3.8) is 0 Å². The van der Waals surface area contributed by atoms with Crippen LogP contribution in [0.3, 0.4) is 0 Å². The summed E-state index contributed by atoms with van der Waals surface area (Å²) in [5.41, 5.74) is 0.402. The van der Waals surface area contributed by atoms with Gasteiger partial charge in [-0.1, -0.05) is 47.0 Å². The van der Waals surface area contributed by atoms with Crippen LogP contribution in [0.25, 0.3) is 0 Å². The van der Waals surface area contributed by atoms with Gasteiger partial charge in [0.15, 0.2) is 0 Å². The number of hydrogen-bond acceptors (Lipinski definition) is 1. The number of aliphatic carboxylic acids is 1. The van der Waals surface area contributed by atoms with Crippen molar-refractivity contribution in [2.24, 2.45) is 11.3 Å². The molecule has 0 fully saturated rings. The number of carbonyl (C=O) groups is 1. The van der Waals surface area contributed by atoms with Gasteiger partial charge in [0, 0.05) is 6.42 Å². The fourth-order valence-electron chi connectivity index (χ4n) is 3.59. The molecule has 0 aliphatic heterocycles. The van der Waals surface area contributed by atoms with Crippen LogP contribution in [0.1, 0.15) is 85.5 Å². The van der Waals surface area contributed by atoms with E-state index >= 15 is 0 Å². The van der Waals surface area contributed by atoms with Crippen molar-refractivity contribution in [2.45, 2.75) is 85.5 Å². The molecule has 123 valence electrons. The Kier molecular flexibility index (Phi) is 11.8. The molecule has 0 heterocycles. The lowest BCUT2D eigenvalue weighted by Crippen LogP contribution is -2.24. The van der Waals surface area contributed by atoms with Gasteiger partial charge in [-0.25, -0.2) is 0 Å². The Bertz CT molecular complexity index is 243. The molecule has 0 aromatic carbocycles. The first-order chi connectivity index (χ1) is 9.99. The van der Waals surface area contributed by atoms with Crippen molar-refractivity contribution in [2.75, 3.05) is 0 Å². The Morgan fingerprint density at radius 1 is 1.00 bits per heavy atom. The second-order valence-electron chi connectivity index (χ2n) is 6.64. The number of carboxylic acid groups (broad SMARTS) is 1. The van der Waals surface area contributed by atoms with Gasteiger partial charge in [-0.2, -0.15) is 0 Å². The summed E-state index contributed by atoms with van der Waals surface area (Å²) in [4.78, 5) is 10.5. The maximum Gasteiger partial charge on any atom is 0.303 e. The van der Waals surface area contributed by atoms with Gasteiger partial charge in [0.1, 0.15) is 0 Å². The first kappa shape index (κ1) is 20.5. The van der Waals surface area contributed by atoms with Crippen LogP contribution < -0.4 is 0 Å². The van der Waals surface area contributed by atoms with Crippen molar-refractivity contribution in [1.29, 1.82) is 0 Å². The molecule has 0 aromatic rings. The quantitative estimate of drug-likeness (QED) is 0.406. The number of unbranched alkanes of at least 4 members (excludes halogenated alkanes) is 2. The fraction of sp³-hybridized carbons (Fsp3) is 0.789. The van der Waals surface area contributed by atoms with E-state index in [9.17, 15) is 4.79 Å². The highest BCUT2D eigenvalue weighted by atomic mass is 16.4. The molecule has 3 radical (unpaired) electrons. The SMILES string of the molecule is C[CH]CC(C[CH]C)(C[CH]C)CC(C)CCCCCC(=O)O. The Labute approximate surface area is 132 Å². The van der Waals surface area contributed by atoms with Gasteiger partial charge in [0.25, 0.3) is 0 Å². The molecule has 1 N–H and O–H groups in total. The third-order valence-corrected chi connectivity index (χ3v) is 4.28. The largest absolute Gasteiger partial charge is 0.481 e. The van der Waals surface area contributed by atoms with Crippen LogP contribution in [0, 0.1) is 30.6 Å². The average Bonchev–Trinajstić information content (AvgIpc) is 2.38. The highest BCUT2D eigenvalue weighted by molar-refractivity contribution is 5.66. The molecule has 0 saturated carbocycles. The first-order valence-corrected chi connectivity index (χ1v) is 8.55. The molecular weight excluding hydrogens is 260 g/mol. The third-order valence-electron chi connectivity index (χ3n) is 4.28. The van der Waals surface area contributed by atoms with Crippen LogP contribution >= 0.6 is 0 Å². The zero-order valence-corrected chi connectivity index (χ0v) is 14.5. The molecule has 0 rings (SSSR count). The first-order valence-electron chi connectivity index (χ1n) is 8.55. The molecule has 1 unspecified atom stereocenters. The van der Waals surface area contributed by atoms with Crippen molar-refractivity contribution in [3.8, 4) is 0 Å². The minimum absolute atomic E-state index is 0.318. The highest BCUT2D eigenvalue weighted by Gasteiger charge is 2.29. The topological polar surface area (TPSA) is 37.3 Å². The molecule has 21 heavy (non-hydrogen) atoms. The Balaban J connectivity index is 4.19. The zero-order valence-electron chi connectivity index (χ0n) is 14.5. The Morgan fingerprint density at radius 2 is 1.52 bits per heavy atom. The van der Waals surface area contributed by atoms with Crippen LogP contribution in [-0.2, 0) is 4.79 Å². The molecule has 0 aliphatic carbocycles.